The fraction of sp³-hybridized carbons (Fsp3) is 0.455. The molecule has 1 aliphatic rings. The summed E-state index contributed by atoms with van der Waals surface area (Å²) in [4.78, 5) is 17.0. The lowest BCUT2D eigenvalue weighted by Gasteiger charge is -2.30. The molecule has 92 valence electrons. The number of rotatable bonds is 3. The van der Waals surface area contributed by atoms with Crippen molar-refractivity contribution in [3.63, 3.8) is 0 Å². The van der Waals surface area contributed by atoms with E-state index in [9.17, 15) is 4.79 Å². The van der Waals surface area contributed by atoms with Gasteiger partial charge >= 0.3 is 5.97 Å². The summed E-state index contributed by atoms with van der Waals surface area (Å²) in [5.41, 5.74) is 1.06. The quantitative estimate of drug-likeness (QED) is 0.907. The fourth-order valence-electron chi connectivity index (χ4n) is 1.80. The van der Waals surface area contributed by atoms with E-state index in [0.717, 1.165) is 16.6 Å². The maximum absolute atomic E-state index is 10.8. The summed E-state index contributed by atoms with van der Waals surface area (Å²) >= 11 is 3.36. The van der Waals surface area contributed by atoms with E-state index in [-0.39, 0.29) is 0 Å². The predicted molar refractivity (Wildman–Crippen MR) is 64.6 cm³/mol. The zero-order valence-corrected chi connectivity index (χ0v) is 10.8. The topological polar surface area (TPSA) is 62.7 Å². The van der Waals surface area contributed by atoms with Crippen molar-refractivity contribution in [3.05, 3.63) is 28.5 Å². The van der Waals surface area contributed by atoms with Gasteiger partial charge in [-0.3, -0.25) is 9.88 Å². The number of aromatic nitrogens is 1. The van der Waals surface area contributed by atoms with Gasteiger partial charge in [0.15, 0.2) is 6.10 Å². The van der Waals surface area contributed by atoms with Crippen LogP contribution in [0, 0.1) is 0 Å². The number of halogens is 1. The number of aliphatic carboxylic acids is 1. The van der Waals surface area contributed by atoms with Gasteiger partial charge in [0.1, 0.15) is 0 Å². The molecule has 5 nitrogen and oxygen atoms in total. The minimum Gasteiger partial charge on any atom is -0.479 e. The van der Waals surface area contributed by atoms with Gasteiger partial charge in [-0.2, -0.15) is 0 Å². The van der Waals surface area contributed by atoms with Crippen LogP contribution in [0.1, 0.15) is 5.56 Å². The third-order valence-electron chi connectivity index (χ3n) is 2.59. The highest BCUT2D eigenvalue weighted by atomic mass is 79.9. The van der Waals surface area contributed by atoms with Gasteiger partial charge in [-0.25, -0.2) is 4.79 Å². The molecule has 1 fully saturated rings. The molecule has 1 saturated heterocycles. The lowest BCUT2D eigenvalue weighted by molar-refractivity contribution is -0.156. The molecule has 0 aliphatic carbocycles. The molecular weight excluding hydrogens is 288 g/mol. The van der Waals surface area contributed by atoms with Gasteiger partial charge in [0.05, 0.1) is 6.61 Å². The molecule has 17 heavy (non-hydrogen) atoms. The largest absolute Gasteiger partial charge is 0.479 e. The highest BCUT2D eigenvalue weighted by Gasteiger charge is 2.26. The van der Waals surface area contributed by atoms with Crippen LogP contribution in [-0.4, -0.2) is 46.8 Å². The average Bonchev–Trinajstić information content (AvgIpc) is 2.29. The molecule has 0 aromatic carbocycles. The Labute approximate surface area is 108 Å². The highest BCUT2D eigenvalue weighted by molar-refractivity contribution is 9.10. The second kappa shape index (κ2) is 5.57. The van der Waals surface area contributed by atoms with Gasteiger partial charge in [0, 0.05) is 36.5 Å². The van der Waals surface area contributed by atoms with Gasteiger partial charge < -0.3 is 9.84 Å². The Morgan fingerprint density at radius 2 is 2.47 bits per heavy atom. The summed E-state index contributed by atoms with van der Waals surface area (Å²) in [6, 6.07) is 1.98. The van der Waals surface area contributed by atoms with Crippen molar-refractivity contribution in [2.75, 3.05) is 19.7 Å². The maximum atomic E-state index is 10.8. The standard InChI is InChI=1S/C11H13BrN2O3/c12-9-3-8(4-13-5-9)6-14-1-2-17-10(7-14)11(15)16/h3-5,10H,1-2,6-7H2,(H,15,16). The molecule has 0 bridgehead atoms. The predicted octanol–water partition coefficient (Wildman–Crippen LogP) is 1.13. The summed E-state index contributed by atoms with van der Waals surface area (Å²) in [6.45, 7) is 2.32. The van der Waals surface area contributed by atoms with Gasteiger partial charge in [-0.15, -0.1) is 0 Å². The number of carbonyl (C=O) groups is 1. The molecule has 2 heterocycles. The Hall–Kier alpha value is -0.980. The summed E-state index contributed by atoms with van der Waals surface area (Å²) in [7, 11) is 0. The molecule has 1 aromatic rings. The minimum absolute atomic E-state index is 0.418. The van der Waals surface area contributed by atoms with Crippen LogP contribution < -0.4 is 0 Å². The van der Waals surface area contributed by atoms with Crippen LogP contribution in [0.15, 0.2) is 22.9 Å². The van der Waals surface area contributed by atoms with Gasteiger partial charge in [-0.05, 0) is 27.6 Å². The van der Waals surface area contributed by atoms with Crippen molar-refractivity contribution in [2.45, 2.75) is 12.6 Å². The monoisotopic (exact) mass is 300 g/mol. The van der Waals surface area contributed by atoms with Crippen LogP contribution in [-0.2, 0) is 16.1 Å². The molecule has 6 heteroatoms. The first-order valence-electron chi connectivity index (χ1n) is 5.31. The van der Waals surface area contributed by atoms with Crippen molar-refractivity contribution >= 4 is 21.9 Å². The lowest BCUT2D eigenvalue weighted by atomic mass is 10.2. The van der Waals surface area contributed by atoms with E-state index < -0.39 is 12.1 Å². The number of carboxylic acid groups (broad SMARTS) is 1. The molecule has 0 radical (unpaired) electrons. The Morgan fingerprint density at radius 3 is 3.18 bits per heavy atom. The second-order valence-electron chi connectivity index (χ2n) is 3.94. The second-order valence-corrected chi connectivity index (χ2v) is 4.86. The number of hydrogen-bond donors (Lipinski definition) is 1. The van der Waals surface area contributed by atoms with Gasteiger partial charge in [-0.1, -0.05) is 0 Å². The summed E-state index contributed by atoms with van der Waals surface area (Å²) < 4.78 is 6.09. The number of pyridine rings is 1. The summed E-state index contributed by atoms with van der Waals surface area (Å²) in [6.07, 6.45) is 2.79. The summed E-state index contributed by atoms with van der Waals surface area (Å²) in [5.74, 6) is -0.901. The van der Waals surface area contributed by atoms with Crippen LogP contribution >= 0.6 is 15.9 Å². The maximum Gasteiger partial charge on any atom is 0.334 e. The lowest BCUT2D eigenvalue weighted by Crippen LogP contribution is -2.45. The van der Waals surface area contributed by atoms with Crippen LogP contribution in [0.5, 0.6) is 0 Å². The molecule has 0 saturated carbocycles. The molecule has 0 spiro atoms. The van der Waals surface area contributed by atoms with Crippen LogP contribution in [0.3, 0.4) is 0 Å². The number of morpholine rings is 1. The Kier molecular flexibility index (Phi) is 4.09. The highest BCUT2D eigenvalue weighted by Crippen LogP contribution is 2.14. The average molecular weight is 301 g/mol. The molecule has 2 rings (SSSR count). The van der Waals surface area contributed by atoms with Crippen LogP contribution in [0.4, 0.5) is 0 Å². The SMILES string of the molecule is O=C(O)C1CN(Cc2cncc(Br)c2)CCO1. The van der Waals surface area contributed by atoms with Gasteiger partial charge in [0.25, 0.3) is 0 Å². The Balaban J connectivity index is 1.97. The zero-order valence-electron chi connectivity index (χ0n) is 9.17. The van der Waals surface area contributed by atoms with E-state index in [1.54, 1.807) is 12.4 Å². The van der Waals surface area contributed by atoms with E-state index in [4.69, 9.17) is 9.84 Å². The molecule has 1 atom stereocenters. The fourth-order valence-corrected chi connectivity index (χ4v) is 2.21. The van der Waals surface area contributed by atoms with Gasteiger partial charge in [0.2, 0.25) is 0 Å². The third kappa shape index (κ3) is 3.49. The molecule has 0 amide bonds. The van der Waals surface area contributed by atoms with Crippen molar-refractivity contribution < 1.29 is 14.6 Å². The first kappa shape index (κ1) is 12.5. The van der Waals surface area contributed by atoms with Crippen LogP contribution in [0.25, 0.3) is 0 Å². The number of ether oxygens (including phenoxy) is 1. The minimum atomic E-state index is -0.901. The van der Waals surface area contributed by atoms with Crippen LogP contribution in [0.2, 0.25) is 0 Å². The molecule has 1 N–H and O–H groups in total. The number of hydrogen-bond acceptors (Lipinski definition) is 4. The number of nitrogens with zero attached hydrogens (tertiary/aromatic N) is 2. The molecule has 1 aromatic heterocycles. The Bertz CT molecular complexity index is 413. The molecular formula is C11H13BrN2O3. The van der Waals surface area contributed by atoms with E-state index in [1.165, 1.54) is 0 Å². The van der Waals surface area contributed by atoms with Crippen molar-refractivity contribution in [1.29, 1.82) is 0 Å². The van der Waals surface area contributed by atoms with Crippen molar-refractivity contribution in [3.8, 4) is 0 Å². The molecule has 1 unspecified atom stereocenters. The zero-order chi connectivity index (χ0) is 12.3. The van der Waals surface area contributed by atoms with E-state index in [0.29, 0.717) is 19.7 Å². The first-order chi connectivity index (χ1) is 8.15. The summed E-state index contributed by atoms with van der Waals surface area (Å²) in [5, 5.41) is 8.89. The van der Waals surface area contributed by atoms with E-state index in [2.05, 4.69) is 25.8 Å². The van der Waals surface area contributed by atoms with Crippen molar-refractivity contribution in [2.24, 2.45) is 0 Å². The Morgan fingerprint density at radius 1 is 1.65 bits per heavy atom. The number of carboxylic acids is 1. The van der Waals surface area contributed by atoms with E-state index in [1.807, 2.05) is 6.07 Å². The van der Waals surface area contributed by atoms with E-state index >= 15 is 0 Å². The molecule has 1 aliphatic heterocycles. The van der Waals surface area contributed by atoms with Crippen molar-refractivity contribution in [1.82, 2.24) is 9.88 Å². The first-order valence-corrected chi connectivity index (χ1v) is 6.10. The third-order valence-corrected chi connectivity index (χ3v) is 3.03. The normalized spacial score (nSPS) is 21.4. The smallest absolute Gasteiger partial charge is 0.334 e.